The van der Waals surface area contributed by atoms with E-state index >= 15 is 0 Å². The molecule has 0 fully saturated rings. The fourth-order valence-electron chi connectivity index (χ4n) is 3.03. The van der Waals surface area contributed by atoms with Crippen LogP contribution < -0.4 is 5.73 Å². The van der Waals surface area contributed by atoms with E-state index in [1.807, 2.05) is 0 Å². The van der Waals surface area contributed by atoms with E-state index in [4.69, 9.17) is 5.73 Å². The molecule has 1 unspecified atom stereocenters. The van der Waals surface area contributed by atoms with Gasteiger partial charge in [-0.15, -0.1) is 0 Å². The minimum atomic E-state index is -0.0278. The molecule has 0 bridgehead atoms. The fourth-order valence-corrected chi connectivity index (χ4v) is 3.03. The lowest BCUT2D eigenvalue weighted by molar-refractivity contribution is 0.107. The number of hydrogen-bond donors (Lipinski definition) is 1. The SMILES string of the molecule is CCN(CC)C(C)(C)C(N)c1cccc(CC(C)C)c1. The van der Waals surface area contributed by atoms with Gasteiger partial charge in [-0.05, 0) is 50.4 Å². The molecule has 1 aromatic carbocycles. The minimum absolute atomic E-state index is 0.0278. The van der Waals surface area contributed by atoms with Crippen LogP contribution >= 0.6 is 0 Å². The maximum absolute atomic E-state index is 6.58. The summed E-state index contributed by atoms with van der Waals surface area (Å²) in [5, 5.41) is 0. The van der Waals surface area contributed by atoms with E-state index in [9.17, 15) is 0 Å². The van der Waals surface area contributed by atoms with Gasteiger partial charge < -0.3 is 5.73 Å². The van der Waals surface area contributed by atoms with Gasteiger partial charge in [-0.25, -0.2) is 0 Å². The third kappa shape index (κ3) is 4.07. The van der Waals surface area contributed by atoms with Crippen molar-refractivity contribution >= 4 is 0 Å². The molecule has 0 aliphatic heterocycles. The zero-order chi connectivity index (χ0) is 15.3. The van der Waals surface area contributed by atoms with E-state index in [2.05, 4.69) is 70.7 Å². The molecular formula is C18H32N2. The third-order valence-electron chi connectivity index (χ3n) is 4.29. The first-order chi connectivity index (χ1) is 9.32. The van der Waals surface area contributed by atoms with Crippen molar-refractivity contribution in [3.8, 4) is 0 Å². The Kier molecular flexibility index (Phi) is 6.22. The Hall–Kier alpha value is -0.860. The van der Waals surface area contributed by atoms with Crippen LogP contribution in [0.3, 0.4) is 0 Å². The van der Waals surface area contributed by atoms with Crippen molar-refractivity contribution in [2.75, 3.05) is 13.1 Å². The largest absolute Gasteiger partial charge is 0.322 e. The van der Waals surface area contributed by atoms with Gasteiger partial charge in [-0.2, -0.15) is 0 Å². The Labute approximate surface area is 125 Å². The van der Waals surface area contributed by atoms with Crippen LogP contribution in [0.1, 0.15) is 58.7 Å². The van der Waals surface area contributed by atoms with Gasteiger partial charge in [0.25, 0.3) is 0 Å². The first kappa shape index (κ1) is 17.2. The lowest BCUT2D eigenvalue weighted by atomic mass is 9.86. The van der Waals surface area contributed by atoms with Crippen molar-refractivity contribution in [1.82, 2.24) is 4.90 Å². The van der Waals surface area contributed by atoms with Gasteiger partial charge in [-0.1, -0.05) is 52.0 Å². The summed E-state index contributed by atoms with van der Waals surface area (Å²) in [5.41, 5.74) is 9.20. The Morgan fingerprint density at radius 1 is 1.15 bits per heavy atom. The molecule has 0 radical (unpaired) electrons. The van der Waals surface area contributed by atoms with Crippen molar-refractivity contribution in [3.05, 3.63) is 35.4 Å². The Balaban J connectivity index is 2.98. The highest BCUT2D eigenvalue weighted by Crippen LogP contribution is 2.29. The zero-order valence-corrected chi connectivity index (χ0v) is 14.1. The fraction of sp³-hybridized carbons (Fsp3) is 0.667. The molecule has 1 rings (SSSR count). The standard InChI is InChI=1S/C18H32N2/c1-7-20(8-2)18(5,6)17(19)16-11-9-10-15(13-16)12-14(3)4/h9-11,13-14,17H,7-8,12,19H2,1-6H3. The molecule has 1 atom stereocenters. The number of nitrogens with two attached hydrogens (primary N) is 1. The first-order valence-corrected chi connectivity index (χ1v) is 7.92. The second kappa shape index (κ2) is 7.24. The van der Waals surface area contributed by atoms with Gasteiger partial charge in [0.2, 0.25) is 0 Å². The molecule has 0 spiro atoms. The second-order valence-electron chi connectivity index (χ2n) is 6.65. The molecule has 2 N–H and O–H groups in total. The Morgan fingerprint density at radius 3 is 2.25 bits per heavy atom. The van der Waals surface area contributed by atoms with Crippen molar-refractivity contribution in [2.45, 2.75) is 59.5 Å². The highest BCUT2D eigenvalue weighted by atomic mass is 15.2. The maximum Gasteiger partial charge on any atom is 0.0476 e. The summed E-state index contributed by atoms with van der Waals surface area (Å²) >= 11 is 0. The molecule has 0 saturated carbocycles. The summed E-state index contributed by atoms with van der Waals surface area (Å²) in [7, 11) is 0. The smallest absolute Gasteiger partial charge is 0.0476 e. The second-order valence-corrected chi connectivity index (χ2v) is 6.65. The number of nitrogens with zero attached hydrogens (tertiary/aromatic N) is 1. The molecule has 2 heteroatoms. The highest BCUT2D eigenvalue weighted by Gasteiger charge is 2.32. The average molecular weight is 276 g/mol. The topological polar surface area (TPSA) is 29.3 Å². The van der Waals surface area contributed by atoms with Gasteiger partial charge in [0.05, 0.1) is 0 Å². The molecule has 114 valence electrons. The van der Waals surface area contributed by atoms with Crippen LogP contribution in [0.2, 0.25) is 0 Å². The number of likely N-dealkylation sites (N-methyl/N-ethyl adjacent to an activating group) is 1. The van der Waals surface area contributed by atoms with Crippen molar-refractivity contribution < 1.29 is 0 Å². The third-order valence-corrected chi connectivity index (χ3v) is 4.29. The summed E-state index contributed by atoms with van der Waals surface area (Å²) in [6.45, 7) is 15.5. The van der Waals surface area contributed by atoms with E-state index < -0.39 is 0 Å². The molecule has 1 aromatic rings. The van der Waals surface area contributed by atoms with E-state index in [1.165, 1.54) is 11.1 Å². The first-order valence-electron chi connectivity index (χ1n) is 7.92. The Bertz CT molecular complexity index is 406. The van der Waals surface area contributed by atoms with Crippen LogP contribution in [0.5, 0.6) is 0 Å². The predicted octanol–water partition coefficient (Wildman–Crippen LogP) is 4.01. The van der Waals surface area contributed by atoms with Crippen LogP contribution in [0.25, 0.3) is 0 Å². The van der Waals surface area contributed by atoms with E-state index in [0.717, 1.165) is 19.5 Å². The molecule has 2 nitrogen and oxygen atoms in total. The van der Waals surface area contributed by atoms with Crippen LogP contribution in [0.4, 0.5) is 0 Å². The van der Waals surface area contributed by atoms with Gasteiger partial charge >= 0.3 is 0 Å². The molecule has 0 amide bonds. The van der Waals surface area contributed by atoms with E-state index in [1.54, 1.807) is 0 Å². The quantitative estimate of drug-likeness (QED) is 0.815. The average Bonchev–Trinajstić information content (AvgIpc) is 2.38. The number of rotatable bonds is 7. The summed E-state index contributed by atoms with van der Waals surface area (Å²) in [5.74, 6) is 0.678. The minimum Gasteiger partial charge on any atom is -0.322 e. The molecule has 20 heavy (non-hydrogen) atoms. The van der Waals surface area contributed by atoms with Gasteiger partial charge in [0.1, 0.15) is 0 Å². The normalized spacial score (nSPS) is 14.1. The van der Waals surface area contributed by atoms with E-state index in [0.29, 0.717) is 5.92 Å². The highest BCUT2D eigenvalue weighted by molar-refractivity contribution is 5.28. The van der Waals surface area contributed by atoms with Crippen molar-refractivity contribution in [2.24, 2.45) is 11.7 Å². The van der Waals surface area contributed by atoms with Crippen LogP contribution in [-0.2, 0) is 6.42 Å². The monoisotopic (exact) mass is 276 g/mol. The molecule has 0 heterocycles. The summed E-state index contributed by atoms with van der Waals surface area (Å²) in [6, 6.07) is 8.84. The lowest BCUT2D eigenvalue weighted by Gasteiger charge is -2.42. The zero-order valence-electron chi connectivity index (χ0n) is 14.1. The molecule has 0 aromatic heterocycles. The molecular weight excluding hydrogens is 244 g/mol. The van der Waals surface area contributed by atoms with Crippen LogP contribution in [-0.4, -0.2) is 23.5 Å². The summed E-state index contributed by atoms with van der Waals surface area (Å²) in [4.78, 5) is 2.44. The van der Waals surface area contributed by atoms with E-state index in [-0.39, 0.29) is 11.6 Å². The predicted molar refractivity (Wildman–Crippen MR) is 88.9 cm³/mol. The van der Waals surface area contributed by atoms with Gasteiger partial charge in [-0.3, -0.25) is 4.90 Å². The lowest BCUT2D eigenvalue weighted by Crippen LogP contribution is -2.51. The van der Waals surface area contributed by atoms with Crippen LogP contribution in [0.15, 0.2) is 24.3 Å². The van der Waals surface area contributed by atoms with Gasteiger partial charge in [0.15, 0.2) is 0 Å². The van der Waals surface area contributed by atoms with Crippen LogP contribution in [0, 0.1) is 5.92 Å². The maximum atomic E-state index is 6.58. The molecule has 0 aliphatic rings. The summed E-state index contributed by atoms with van der Waals surface area (Å²) in [6.07, 6.45) is 1.12. The Morgan fingerprint density at radius 2 is 1.75 bits per heavy atom. The van der Waals surface area contributed by atoms with Crippen molar-refractivity contribution in [3.63, 3.8) is 0 Å². The van der Waals surface area contributed by atoms with Crippen molar-refractivity contribution in [1.29, 1.82) is 0 Å². The number of hydrogen-bond acceptors (Lipinski definition) is 2. The summed E-state index contributed by atoms with van der Waals surface area (Å²) < 4.78 is 0. The molecule has 0 saturated heterocycles. The molecule has 0 aliphatic carbocycles. The number of benzene rings is 1. The van der Waals surface area contributed by atoms with Gasteiger partial charge in [0, 0.05) is 11.6 Å².